The molecule has 5 heteroatoms. The topological polar surface area (TPSA) is 54.4 Å². The van der Waals surface area contributed by atoms with Crippen LogP contribution in [0.5, 0.6) is 0 Å². The van der Waals surface area contributed by atoms with Crippen LogP contribution in [0.25, 0.3) is 0 Å². The summed E-state index contributed by atoms with van der Waals surface area (Å²) in [5.41, 5.74) is 0. The van der Waals surface area contributed by atoms with E-state index in [9.17, 15) is 8.42 Å². The molecular weight excluding hydrogens is 279 g/mol. The first kappa shape index (κ1) is 21.6. The Hall–Kier alpha value is 0.340. The van der Waals surface area contributed by atoms with Crippen LogP contribution in [0.2, 0.25) is 0 Å². The van der Waals surface area contributed by atoms with Crippen molar-refractivity contribution in [2.75, 3.05) is 11.9 Å². The van der Waals surface area contributed by atoms with Gasteiger partial charge in [0.1, 0.15) is 0 Å². The van der Waals surface area contributed by atoms with Gasteiger partial charge in [0, 0.05) is 0 Å². The van der Waals surface area contributed by atoms with Crippen LogP contribution in [-0.4, -0.2) is 24.9 Å². The van der Waals surface area contributed by atoms with Gasteiger partial charge < -0.3 is 0 Å². The van der Waals surface area contributed by atoms with Gasteiger partial charge in [-0.1, -0.05) is 71.6 Å². The van der Waals surface area contributed by atoms with E-state index in [4.69, 9.17) is 4.55 Å². The molecule has 0 saturated heterocycles. The van der Waals surface area contributed by atoms with E-state index >= 15 is 0 Å². The van der Waals surface area contributed by atoms with Gasteiger partial charge in [-0.3, -0.25) is 4.55 Å². The van der Waals surface area contributed by atoms with Crippen molar-refractivity contribution >= 4 is 19.4 Å². The Balaban J connectivity index is 0. The quantitative estimate of drug-likeness (QED) is 0.342. The molecule has 0 aromatic rings. The van der Waals surface area contributed by atoms with Crippen molar-refractivity contribution in [2.24, 2.45) is 0 Å². The Kier molecular flexibility index (Phi) is 18.7. The van der Waals surface area contributed by atoms with Crippen molar-refractivity contribution in [1.82, 2.24) is 0 Å². The maximum atomic E-state index is 10.4. The first-order chi connectivity index (χ1) is 8.97. The predicted octanol–water partition coefficient (Wildman–Crippen LogP) is 4.68. The molecule has 0 rings (SSSR count). The summed E-state index contributed by atoms with van der Waals surface area (Å²) in [5, 5.41) is 0. The van der Waals surface area contributed by atoms with Crippen molar-refractivity contribution in [3.8, 4) is 0 Å². The van der Waals surface area contributed by atoms with E-state index in [1.54, 1.807) is 0 Å². The van der Waals surface area contributed by atoms with E-state index in [1.807, 2.05) is 0 Å². The van der Waals surface area contributed by atoms with E-state index in [1.165, 1.54) is 51.1 Å². The third kappa shape index (κ3) is 27.5. The van der Waals surface area contributed by atoms with Gasteiger partial charge in [-0.25, -0.2) is 0 Å². The molecule has 0 aliphatic heterocycles. The number of unbranched alkanes of at least 4 members (excludes halogenated alkanes) is 8. The van der Waals surface area contributed by atoms with Crippen LogP contribution in [0.15, 0.2) is 0 Å². The molecule has 1 atom stereocenters. The second-order valence-electron chi connectivity index (χ2n) is 4.90. The largest absolute Gasteiger partial charge is 0.286 e. The summed E-state index contributed by atoms with van der Waals surface area (Å²) in [6, 6.07) is 0. The average molecular weight is 312 g/mol. The van der Waals surface area contributed by atoms with E-state index in [2.05, 4.69) is 23.1 Å². The second kappa shape index (κ2) is 16.4. The third-order valence-corrected chi connectivity index (χ3v) is 4.03. The van der Waals surface area contributed by atoms with Gasteiger partial charge in [0.2, 0.25) is 0 Å². The fourth-order valence-electron chi connectivity index (χ4n) is 1.62. The Morgan fingerprint density at radius 3 is 1.53 bits per heavy atom. The second-order valence-corrected chi connectivity index (χ2v) is 7.05. The molecule has 0 aliphatic rings. The SMILES string of the molecule is CCCCCCCCCCS(=O)(=O)O.CCCCP. The number of hydrogen-bond donors (Lipinski definition) is 1. The monoisotopic (exact) mass is 312 g/mol. The lowest BCUT2D eigenvalue weighted by molar-refractivity contribution is 0.478. The number of hydrogen-bond acceptors (Lipinski definition) is 2. The van der Waals surface area contributed by atoms with E-state index in [-0.39, 0.29) is 5.75 Å². The van der Waals surface area contributed by atoms with E-state index in [0.29, 0.717) is 6.42 Å². The molecule has 0 aliphatic carbocycles. The Bertz CT molecular complexity index is 251. The minimum absolute atomic E-state index is 0.0814. The summed E-state index contributed by atoms with van der Waals surface area (Å²) in [6.45, 7) is 4.39. The molecule has 19 heavy (non-hydrogen) atoms. The lowest BCUT2D eigenvalue weighted by Crippen LogP contribution is -2.03. The highest BCUT2D eigenvalue weighted by Gasteiger charge is 2.02. The van der Waals surface area contributed by atoms with Gasteiger partial charge in [-0.05, 0) is 12.6 Å². The summed E-state index contributed by atoms with van der Waals surface area (Å²) in [7, 11) is -1.03. The summed E-state index contributed by atoms with van der Waals surface area (Å²) >= 11 is 0. The first-order valence-corrected chi connectivity index (χ1v) is 10.1. The van der Waals surface area contributed by atoms with Crippen LogP contribution in [0.3, 0.4) is 0 Å². The Morgan fingerprint density at radius 1 is 0.789 bits per heavy atom. The normalized spacial score (nSPS) is 10.9. The molecule has 0 radical (unpaired) electrons. The van der Waals surface area contributed by atoms with Gasteiger partial charge in [0.05, 0.1) is 5.75 Å². The lowest BCUT2D eigenvalue weighted by Gasteiger charge is -2.00. The molecule has 0 spiro atoms. The lowest BCUT2D eigenvalue weighted by atomic mass is 10.1. The maximum Gasteiger partial charge on any atom is 0.264 e. The predicted molar refractivity (Wildman–Crippen MR) is 88.5 cm³/mol. The van der Waals surface area contributed by atoms with Crippen LogP contribution in [0.4, 0.5) is 0 Å². The minimum Gasteiger partial charge on any atom is -0.286 e. The zero-order valence-corrected chi connectivity index (χ0v) is 14.7. The van der Waals surface area contributed by atoms with Gasteiger partial charge in [0.15, 0.2) is 0 Å². The standard InChI is InChI=1S/C10H22O3S.C4H11P/c1-2-3-4-5-6-7-8-9-10-14(11,12)13;1-2-3-4-5/h2-10H2,1H3,(H,11,12,13);2-5H2,1H3. The molecule has 1 N–H and O–H groups in total. The zero-order valence-electron chi connectivity index (χ0n) is 12.7. The summed E-state index contributed by atoms with van der Waals surface area (Å²) in [5.74, 6) is -0.0814. The molecule has 1 unspecified atom stereocenters. The van der Waals surface area contributed by atoms with Crippen molar-refractivity contribution in [2.45, 2.75) is 78.1 Å². The zero-order chi connectivity index (χ0) is 15.0. The van der Waals surface area contributed by atoms with Crippen molar-refractivity contribution in [3.05, 3.63) is 0 Å². The van der Waals surface area contributed by atoms with Crippen molar-refractivity contribution in [3.63, 3.8) is 0 Å². The Morgan fingerprint density at radius 2 is 1.21 bits per heavy atom. The smallest absolute Gasteiger partial charge is 0.264 e. The van der Waals surface area contributed by atoms with Crippen molar-refractivity contribution in [1.29, 1.82) is 0 Å². The molecule has 0 saturated carbocycles. The summed E-state index contributed by atoms with van der Waals surface area (Å²) in [4.78, 5) is 0. The Labute approximate surface area is 122 Å². The fourth-order valence-corrected chi connectivity index (χ4v) is 2.60. The average Bonchev–Trinajstić information content (AvgIpc) is 2.33. The molecule has 0 aromatic heterocycles. The molecule has 0 amide bonds. The van der Waals surface area contributed by atoms with Gasteiger partial charge in [0.25, 0.3) is 10.1 Å². The molecule has 118 valence electrons. The van der Waals surface area contributed by atoms with Gasteiger partial charge in [-0.15, -0.1) is 9.24 Å². The number of rotatable bonds is 11. The van der Waals surface area contributed by atoms with Crippen LogP contribution in [0, 0.1) is 0 Å². The molecule has 0 heterocycles. The highest BCUT2D eigenvalue weighted by Crippen LogP contribution is 2.08. The third-order valence-electron chi connectivity index (χ3n) is 2.81. The molecule has 0 fully saturated rings. The van der Waals surface area contributed by atoms with Crippen LogP contribution in [0.1, 0.15) is 78.1 Å². The van der Waals surface area contributed by atoms with Crippen LogP contribution >= 0.6 is 9.24 Å². The highest BCUT2D eigenvalue weighted by molar-refractivity contribution is 7.85. The molecule has 0 aromatic carbocycles. The summed E-state index contributed by atoms with van der Waals surface area (Å²) < 4.78 is 29.2. The fraction of sp³-hybridized carbons (Fsp3) is 1.00. The van der Waals surface area contributed by atoms with Crippen LogP contribution < -0.4 is 0 Å². The maximum absolute atomic E-state index is 10.4. The van der Waals surface area contributed by atoms with Gasteiger partial charge >= 0.3 is 0 Å². The molecular formula is C14H33O3PS. The van der Waals surface area contributed by atoms with E-state index in [0.717, 1.165) is 12.8 Å². The highest BCUT2D eigenvalue weighted by atomic mass is 32.2. The van der Waals surface area contributed by atoms with Gasteiger partial charge in [-0.2, -0.15) is 8.42 Å². The van der Waals surface area contributed by atoms with Crippen LogP contribution in [-0.2, 0) is 10.1 Å². The van der Waals surface area contributed by atoms with E-state index < -0.39 is 10.1 Å². The first-order valence-electron chi connectivity index (χ1n) is 7.63. The summed E-state index contributed by atoms with van der Waals surface area (Å²) in [6.07, 6.45) is 12.8. The van der Waals surface area contributed by atoms with Crippen molar-refractivity contribution < 1.29 is 13.0 Å². The minimum atomic E-state index is -3.73. The molecule has 0 bridgehead atoms. The molecule has 3 nitrogen and oxygen atoms in total.